The Bertz CT molecular complexity index is 367. The zero-order valence-electron chi connectivity index (χ0n) is 10.6. The Labute approximate surface area is 103 Å². The third kappa shape index (κ3) is 2.94. The molecular formula is C13H21N3O. The third-order valence-electron chi connectivity index (χ3n) is 3.39. The monoisotopic (exact) mass is 235 g/mol. The van der Waals surface area contributed by atoms with E-state index in [1.165, 1.54) is 0 Å². The molecule has 1 saturated heterocycles. The summed E-state index contributed by atoms with van der Waals surface area (Å²) in [4.78, 5) is 0. The molecule has 0 saturated carbocycles. The van der Waals surface area contributed by atoms with Gasteiger partial charge in [0.25, 0.3) is 0 Å². The van der Waals surface area contributed by atoms with Crippen molar-refractivity contribution < 1.29 is 4.74 Å². The van der Waals surface area contributed by atoms with Crippen LogP contribution in [0.2, 0.25) is 0 Å². The topological polar surface area (TPSA) is 39.9 Å². The molecule has 1 aliphatic heterocycles. The Morgan fingerprint density at radius 3 is 2.88 bits per heavy atom. The van der Waals surface area contributed by atoms with E-state index >= 15 is 0 Å². The first-order valence-electron chi connectivity index (χ1n) is 6.39. The summed E-state index contributed by atoms with van der Waals surface area (Å²) in [6.45, 7) is 5.44. The van der Waals surface area contributed by atoms with Crippen molar-refractivity contribution in [1.82, 2.24) is 14.8 Å². The minimum Gasteiger partial charge on any atom is -0.381 e. The molecule has 0 bridgehead atoms. The summed E-state index contributed by atoms with van der Waals surface area (Å²) in [5.74, 6) is 2.74. The van der Waals surface area contributed by atoms with Crippen molar-refractivity contribution >= 4 is 0 Å². The van der Waals surface area contributed by atoms with E-state index in [-0.39, 0.29) is 0 Å². The molecule has 0 spiro atoms. The van der Waals surface area contributed by atoms with Gasteiger partial charge in [-0.15, -0.1) is 16.8 Å². The average Bonchev–Trinajstić information content (AvgIpc) is 2.73. The van der Waals surface area contributed by atoms with Gasteiger partial charge in [-0.1, -0.05) is 6.08 Å². The molecule has 0 aliphatic carbocycles. The Morgan fingerprint density at radius 2 is 2.18 bits per heavy atom. The second kappa shape index (κ2) is 5.96. The molecule has 0 unspecified atom stereocenters. The predicted molar refractivity (Wildman–Crippen MR) is 66.9 cm³/mol. The SMILES string of the molecule is C=CCCCc1nnc(C2CCOCC2)n1C. The number of hydrogen-bond acceptors (Lipinski definition) is 3. The standard InChI is InChI=1S/C13H21N3O/c1-3-4-5-6-12-14-15-13(16(12)2)11-7-9-17-10-8-11/h3,11H,1,4-10H2,2H3. The lowest BCUT2D eigenvalue weighted by Gasteiger charge is -2.21. The van der Waals surface area contributed by atoms with Gasteiger partial charge in [0, 0.05) is 32.6 Å². The fourth-order valence-corrected chi connectivity index (χ4v) is 2.31. The highest BCUT2D eigenvalue weighted by Crippen LogP contribution is 2.25. The highest BCUT2D eigenvalue weighted by Gasteiger charge is 2.21. The summed E-state index contributed by atoms with van der Waals surface area (Å²) < 4.78 is 7.54. The molecule has 0 atom stereocenters. The molecule has 0 radical (unpaired) electrons. The smallest absolute Gasteiger partial charge is 0.136 e. The van der Waals surface area contributed by atoms with Crippen LogP contribution in [0.15, 0.2) is 12.7 Å². The van der Waals surface area contributed by atoms with Crippen LogP contribution in [-0.4, -0.2) is 28.0 Å². The van der Waals surface area contributed by atoms with E-state index in [0.717, 1.165) is 57.0 Å². The molecule has 1 aromatic heterocycles. The quantitative estimate of drug-likeness (QED) is 0.580. The molecule has 1 fully saturated rings. The van der Waals surface area contributed by atoms with Crippen LogP contribution in [0.25, 0.3) is 0 Å². The molecule has 0 N–H and O–H groups in total. The van der Waals surface area contributed by atoms with Crippen LogP contribution in [0.1, 0.15) is 43.3 Å². The minimum absolute atomic E-state index is 0.523. The van der Waals surface area contributed by atoms with E-state index < -0.39 is 0 Å². The lowest BCUT2D eigenvalue weighted by Crippen LogP contribution is -2.17. The molecule has 2 heterocycles. The number of aryl methyl sites for hydroxylation is 1. The van der Waals surface area contributed by atoms with Crippen molar-refractivity contribution in [2.75, 3.05) is 13.2 Å². The minimum atomic E-state index is 0.523. The molecule has 1 aliphatic rings. The zero-order valence-corrected chi connectivity index (χ0v) is 10.6. The Morgan fingerprint density at radius 1 is 1.41 bits per heavy atom. The maximum Gasteiger partial charge on any atom is 0.136 e. The van der Waals surface area contributed by atoms with Gasteiger partial charge in [-0.3, -0.25) is 0 Å². The van der Waals surface area contributed by atoms with Gasteiger partial charge < -0.3 is 9.30 Å². The van der Waals surface area contributed by atoms with E-state index in [2.05, 4.69) is 28.4 Å². The first-order valence-corrected chi connectivity index (χ1v) is 6.39. The van der Waals surface area contributed by atoms with E-state index in [4.69, 9.17) is 4.74 Å². The van der Waals surface area contributed by atoms with Crippen molar-refractivity contribution in [3.05, 3.63) is 24.3 Å². The van der Waals surface area contributed by atoms with Crippen molar-refractivity contribution in [3.63, 3.8) is 0 Å². The molecular weight excluding hydrogens is 214 g/mol. The Kier molecular flexibility index (Phi) is 4.31. The van der Waals surface area contributed by atoms with E-state index in [9.17, 15) is 0 Å². The highest BCUT2D eigenvalue weighted by molar-refractivity contribution is 5.02. The van der Waals surface area contributed by atoms with Gasteiger partial charge in [-0.25, -0.2) is 0 Å². The molecule has 2 rings (SSSR count). The summed E-state index contributed by atoms with van der Waals surface area (Å²) in [5, 5.41) is 8.65. The normalized spacial score (nSPS) is 17.2. The van der Waals surface area contributed by atoms with Gasteiger partial charge in [-0.2, -0.15) is 0 Å². The van der Waals surface area contributed by atoms with Crippen LogP contribution in [0.3, 0.4) is 0 Å². The average molecular weight is 235 g/mol. The van der Waals surface area contributed by atoms with Gasteiger partial charge in [-0.05, 0) is 25.7 Å². The predicted octanol–water partition coefficient (Wildman–Crippen LogP) is 2.22. The van der Waals surface area contributed by atoms with Crippen LogP contribution < -0.4 is 0 Å². The van der Waals surface area contributed by atoms with Gasteiger partial charge in [0.2, 0.25) is 0 Å². The summed E-state index contributed by atoms with van der Waals surface area (Å²) in [7, 11) is 2.08. The van der Waals surface area contributed by atoms with Crippen LogP contribution in [0, 0.1) is 0 Å². The number of aromatic nitrogens is 3. The number of nitrogens with zero attached hydrogens (tertiary/aromatic N) is 3. The molecule has 1 aromatic rings. The van der Waals surface area contributed by atoms with Crippen LogP contribution in [0.4, 0.5) is 0 Å². The molecule has 0 aromatic carbocycles. The molecule has 4 nitrogen and oxygen atoms in total. The van der Waals surface area contributed by atoms with E-state index in [0.29, 0.717) is 5.92 Å². The lowest BCUT2D eigenvalue weighted by molar-refractivity contribution is 0.0829. The lowest BCUT2D eigenvalue weighted by atomic mass is 9.99. The highest BCUT2D eigenvalue weighted by atomic mass is 16.5. The van der Waals surface area contributed by atoms with E-state index in [1.54, 1.807) is 0 Å². The van der Waals surface area contributed by atoms with E-state index in [1.807, 2.05) is 6.08 Å². The number of hydrogen-bond donors (Lipinski definition) is 0. The van der Waals surface area contributed by atoms with Crippen LogP contribution >= 0.6 is 0 Å². The summed E-state index contributed by atoms with van der Waals surface area (Å²) in [6, 6.07) is 0. The molecule has 17 heavy (non-hydrogen) atoms. The van der Waals surface area contributed by atoms with Crippen LogP contribution in [0.5, 0.6) is 0 Å². The van der Waals surface area contributed by atoms with Gasteiger partial charge in [0.05, 0.1) is 0 Å². The third-order valence-corrected chi connectivity index (χ3v) is 3.39. The van der Waals surface area contributed by atoms with Crippen LogP contribution in [-0.2, 0) is 18.2 Å². The number of ether oxygens (including phenoxy) is 1. The van der Waals surface area contributed by atoms with Crippen molar-refractivity contribution in [2.45, 2.75) is 38.0 Å². The number of allylic oxidation sites excluding steroid dienone is 1. The van der Waals surface area contributed by atoms with Gasteiger partial charge in [0.1, 0.15) is 11.6 Å². The van der Waals surface area contributed by atoms with Crippen molar-refractivity contribution in [3.8, 4) is 0 Å². The van der Waals surface area contributed by atoms with Crippen molar-refractivity contribution in [1.29, 1.82) is 0 Å². The molecule has 0 amide bonds. The second-order valence-electron chi connectivity index (χ2n) is 4.60. The number of unbranched alkanes of at least 4 members (excludes halogenated alkanes) is 1. The Hall–Kier alpha value is -1.16. The Balaban J connectivity index is 2.00. The number of rotatable bonds is 5. The summed E-state index contributed by atoms with van der Waals surface area (Å²) >= 11 is 0. The summed E-state index contributed by atoms with van der Waals surface area (Å²) in [6.07, 6.45) is 7.22. The maximum atomic E-state index is 5.38. The maximum absolute atomic E-state index is 5.38. The fraction of sp³-hybridized carbons (Fsp3) is 0.692. The first-order chi connectivity index (χ1) is 8.33. The molecule has 94 valence electrons. The first kappa shape index (κ1) is 12.3. The van der Waals surface area contributed by atoms with Gasteiger partial charge in [0.15, 0.2) is 0 Å². The molecule has 4 heteroatoms. The fourth-order valence-electron chi connectivity index (χ4n) is 2.31. The zero-order chi connectivity index (χ0) is 12.1. The van der Waals surface area contributed by atoms with Gasteiger partial charge >= 0.3 is 0 Å². The summed E-state index contributed by atoms with van der Waals surface area (Å²) in [5.41, 5.74) is 0. The van der Waals surface area contributed by atoms with Crippen molar-refractivity contribution in [2.24, 2.45) is 7.05 Å². The largest absolute Gasteiger partial charge is 0.381 e. The second-order valence-corrected chi connectivity index (χ2v) is 4.60.